The van der Waals surface area contributed by atoms with Gasteiger partial charge >= 0.3 is 0 Å². The molecule has 2 aromatic rings. The number of nitriles is 1. The van der Waals surface area contributed by atoms with Gasteiger partial charge in [-0.25, -0.2) is 0 Å². The number of nitrogens with zero attached hydrogens (tertiary/aromatic N) is 1. The monoisotopic (exact) mass is 287 g/mol. The third-order valence-corrected chi connectivity index (χ3v) is 3.15. The molecule has 2 aromatic carbocycles. The molecule has 0 aliphatic rings. The van der Waals surface area contributed by atoms with Crippen LogP contribution >= 0.6 is 11.6 Å². The van der Waals surface area contributed by atoms with Gasteiger partial charge in [-0.1, -0.05) is 12.1 Å². The van der Waals surface area contributed by atoms with Crippen molar-refractivity contribution in [3.05, 3.63) is 59.2 Å². The van der Waals surface area contributed by atoms with Crippen molar-refractivity contribution in [1.82, 2.24) is 0 Å². The number of ether oxygens (including phenoxy) is 2. The summed E-state index contributed by atoms with van der Waals surface area (Å²) in [7, 11) is 1.61. The fourth-order valence-electron chi connectivity index (χ4n) is 1.82. The van der Waals surface area contributed by atoms with E-state index in [4.69, 9.17) is 26.3 Å². The highest BCUT2D eigenvalue weighted by Crippen LogP contribution is 2.26. The Balaban J connectivity index is 2.12. The van der Waals surface area contributed by atoms with E-state index in [1.165, 1.54) is 0 Å². The Hall–Kier alpha value is -2.18. The van der Waals surface area contributed by atoms with Crippen LogP contribution in [-0.4, -0.2) is 7.11 Å². The lowest BCUT2D eigenvalue weighted by Gasteiger charge is -2.11. The minimum absolute atomic E-state index is 0.352. The van der Waals surface area contributed by atoms with Gasteiger partial charge < -0.3 is 9.47 Å². The first kappa shape index (κ1) is 14.2. The summed E-state index contributed by atoms with van der Waals surface area (Å²) < 4.78 is 10.9. The van der Waals surface area contributed by atoms with Crippen LogP contribution in [0.2, 0.25) is 0 Å². The summed E-state index contributed by atoms with van der Waals surface area (Å²) in [6.45, 7) is 0.395. The summed E-state index contributed by atoms with van der Waals surface area (Å²) in [5, 5.41) is 8.86. The van der Waals surface area contributed by atoms with Gasteiger partial charge in [-0.3, -0.25) is 0 Å². The lowest BCUT2D eigenvalue weighted by Crippen LogP contribution is -1.98. The van der Waals surface area contributed by atoms with E-state index in [0.29, 0.717) is 18.1 Å². The van der Waals surface area contributed by atoms with Gasteiger partial charge in [-0.05, 0) is 35.9 Å². The molecule has 0 spiro atoms. The van der Waals surface area contributed by atoms with E-state index in [9.17, 15) is 0 Å². The van der Waals surface area contributed by atoms with Crippen molar-refractivity contribution in [3.63, 3.8) is 0 Å². The van der Waals surface area contributed by atoms with Gasteiger partial charge in [0.05, 0.1) is 24.6 Å². The summed E-state index contributed by atoms with van der Waals surface area (Å²) in [6.07, 6.45) is 0. The highest BCUT2D eigenvalue weighted by molar-refractivity contribution is 6.17. The van der Waals surface area contributed by atoms with Crippen molar-refractivity contribution in [2.45, 2.75) is 12.5 Å². The van der Waals surface area contributed by atoms with E-state index in [-0.39, 0.29) is 0 Å². The Morgan fingerprint density at radius 2 is 2.05 bits per heavy atom. The summed E-state index contributed by atoms with van der Waals surface area (Å²) >= 11 is 5.91. The average Bonchev–Trinajstić information content (AvgIpc) is 2.52. The molecule has 0 fully saturated rings. The van der Waals surface area contributed by atoms with Crippen LogP contribution in [0.15, 0.2) is 42.5 Å². The molecule has 3 nitrogen and oxygen atoms in total. The Bertz CT molecular complexity index is 635. The molecule has 0 atom stereocenters. The van der Waals surface area contributed by atoms with E-state index >= 15 is 0 Å². The van der Waals surface area contributed by atoms with Crippen LogP contribution in [0.4, 0.5) is 0 Å². The van der Waals surface area contributed by atoms with E-state index in [1.807, 2.05) is 36.4 Å². The van der Waals surface area contributed by atoms with Crippen molar-refractivity contribution < 1.29 is 9.47 Å². The van der Waals surface area contributed by atoms with Gasteiger partial charge in [0.25, 0.3) is 0 Å². The maximum absolute atomic E-state index is 8.86. The highest BCUT2D eigenvalue weighted by Gasteiger charge is 2.05. The molecule has 0 aliphatic carbocycles. The molecule has 20 heavy (non-hydrogen) atoms. The lowest BCUT2D eigenvalue weighted by molar-refractivity contribution is 0.303. The van der Waals surface area contributed by atoms with Gasteiger partial charge in [0, 0.05) is 5.56 Å². The zero-order valence-electron chi connectivity index (χ0n) is 11.1. The maximum atomic E-state index is 8.86. The van der Waals surface area contributed by atoms with E-state index < -0.39 is 0 Å². The molecule has 2 rings (SSSR count). The van der Waals surface area contributed by atoms with Gasteiger partial charge in [0.2, 0.25) is 0 Å². The van der Waals surface area contributed by atoms with Crippen LogP contribution in [0.25, 0.3) is 0 Å². The van der Waals surface area contributed by atoms with Crippen molar-refractivity contribution in [2.24, 2.45) is 0 Å². The van der Waals surface area contributed by atoms with E-state index in [2.05, 4.69) is 6.07 Å². The lowest BCUT2D eigenvalue weighted by atomic mass is 10.1. The number of alkyl halides is 1. The molecule has 102 valence electrons. The minimum Gasteiger partial charge on any atom is -0.497 e. The second-order valence-electron chi connectivity index (χ2n) is 4.21. The molecule has 0 unspecified atom stereocenters. The third-order valence-electron chi connectivity index (χ3n) is 2.86. The van der Waals surface area contributed by atoms with Gasteiger partial charge in [-0.2, -0.15) is 5.26 Å². The predicted octanol–water partition coefficient (Wildman–Crippen LogP) is 3.88. The fourth-order valence-corrected chi connectivity index (χ4v) is 2.03. The van der Waals surface area contributed by atoms with Crippen LogP contribution in [-0.2, 0) is 12.5 Å². The molecule has 0 heterocycles. The molecular formula is C16H14ClNO2. The predicted molar refractivity (Wildman–Crippen MR) is 78.0 cm³/mol. The molecule has 0 amide bonds. The van der Waals surface area contributed by atoms with Crippen LogP contribution < -0.4 is 9.47 Å². The van der Waals surface area contributed by atoms with E-state index in [1.54, 1.807) is 13.2 Å². The van der Waals surface area contributed by atoms with Crippen LogP contribution in [0.3, 0.4) is 0 Å². The first-order valence-electron chi connectivity index (χ1n) is 6.11. The fraction of sp³-hybridized carbons (Fsp3) is 0.188. The van der Waals surface area contributed by atoms with Gasteiger partial charge in [0.1, 0.15) is 18.1 Å². The molecule has 0 saturated carbocycles. The molecular weight excluding hydrogens is 274 g/mol. The summed E-state index contributed by atoms with van der Waals surface area (Å²) in [4.78, 5) is 0. The molecule has 0 aliphatic heterocycles. The Morgan fingerprint density at radius 1 is 1.20 bits per heavy atom. The van der Waals surface area contributed by atoms with Crippen molar-refractivity contribution >= 4 is 11.6 Å². The number of methoxy groups -OCH3 is 1. The molecule has 0 bridgehead atoms. The Morgan fingerprint density at radius 3 is 2.75 bits per heavy atom. The highest BCUT2D eigenvalue weighted by atomic mass is 35.5. The van der Waals surface area contributed by atoms with Crippen LogP contribution in [0.1, 0.15) is 16.7 Å². The maximum Gasteiger partial charge on any atom is 0.124 e. The van der Waals surface area contributed by atoms with Crippen LogP contribution in [0, 0.1) is 11.3 Å². The van der Waals surface area contributed by atoms with Gasteiger partial charge in [-0.15, -0.1) is 11.6 Å². The molecule has 0 radical (unpaired) electrons. The van der Waals surface area contributed by atoms with Crippen LogP contribution in [0.5, 0.6) is 11.5 Å². The Kier molecular flexibility index (Phi) is 4.86. The zero-order valence-corrected chi connectivity index (χ0v) is 11.9. The first-order valence-corrected chi connectivity index (χ1v) is 6.65. The van der Waals surface area contributed by atoms with Crippen molar-refractivity contribution in [2.75, 3.05) is 7.11 Å². The molecule has 0 N–H and O–H groups in total. The molecule has 4 heteroatoms. The number of rotatable bonds is 5. The SMILES string of the molecule is COc1ccc(OCc2cccc(C#N)c2)c(CCl)c1. The number of halogens is 1. The quantitative estimate of drug-likeness (QED) is 0.784. The number of benzene rings is 2. The average molecular weight is 288 g/mol. The van der Waals surface area contributed by atoms with Gasteiger partial charge in [0.15, 0.2) is 0 Å². The molecule has 0 saturated heterocycles. The largest absolute Gasteiger partial charge is 0.497 e. The Labute approximate surface area is 123 Å². The normalized spacial score (nSPS) is 9.85. The molecule has 0 aromatic heterocycles. The summed E-state index contributed by atoms with van der Waals surface area (Å²) in [6, 6.07) is 15.0. The third kappa shape index (κ3) is 3.43. The minimum atomic E-state index is 0.352. The number of hydrogen-bond acceptors (Lipinski definition) is 3. The summed E-state index contributed by atoms with van der Waals surface area (Å²) in [5.74, 6) is 1.83. The first-order chi connectivity index (χ1) is 9.76. The van der Waals surface area contributed by atoms with E-state index in [0.717, 1.165) is 22.6 Å². The van der Waals surface area contributed by atoms with Crippen molar-refractivity contribution in [1.29, 1.82) is 5.26 Å². The second-order valence-corrected chi connectivity index (χ2v) is 4.48. The summed E-state index contributed by atoms with van der Waals surface area (Å²) in [5.41, 5.74) is 2.45. The topological polar surface area (TPSA) is 42.2 Å². The second kappa shape index (κ2) is 6.83. The zero-order chi connectivity index (χ0) is 14.4. The smallest absolute Gasteiger partial charge is 0.124 e. The van der Waals surface area contributed by atoms with Crippen molar-refractivity contribution in [3.8, 4) is 17.6 Å². The standard InChI is InChI=1S/C16H14ClNO2/c1-19-15-5-6-16(14(8-15)9-17)20-11-13-4-2-3-12(7-13)10-18/h2-8H,9,11H2,1H3. The number of hydrogen-bond donors (Lipinski definition) is 0.